The van der Waals surface area contributed by atoms with Crippen LogP contribution in [0.1, 0.15) is 13.3 Å². The molecule has 0 unspecified atom stereocenters. The van der Waals surface area contributed by atoms with Crippen molar-refractivity contribution in [1.29, 1.82) is 10.5 Å². The maximum absolute atomic E-state index is 8.61. The van der Waals surface area contributed by atoms with Crippen molar-refractivity contribution in [3.63, 3.8) is 0 Å². The van der Waals surface area contributed by atoms with Gasteiger partial charge in [0.05, 0.1) is 12.1 Å². The van der Waals surface area contributed by atoms with E-state index in [-0.39, 0.29) is 0 Å². The average molecular weight is 170 g/mol. The summed E-state index contributed by atoms with van der Waals surface area (Å²) in [5.74, 6) is 0. The highest BCUT2D eigenvalue weighted by molar-refractivity contribution is 6.40. The van der Waals surface area contributed by atoms with Gasteiger partial charge >= 0.3 is 0 Å². The van der Waals surface area contributed by atoms with E-state index in [1.165, 1.54) is 0 Å². The third-order valence-electron chi connectivity index (χ3n) is 1.42. The summed E-state index contributed by atoms with van der Waals surface area (Å²) in [4.78, 5) is 0. The second kappa shape index (κ2) is 4.23. The number of rotatable bonds is 3. The van der Waals surface area contributed by atoms with Gasteiger partial charge in [-0.2, -0.15) is 10.5 Å². The predicted molar refractivity (Wildman–Crippen MR) is 43.8 cm³/mol. The molecule has 0 aromatic rings. The molecule has 0 atom stereocenters. The fourth-order valence-electron chi connectivity index (χ4n) is 0.596. The van der Waals surface area contributed by atoms with E-state index < -0.39 is 14.8 Å². The van der Waals surface area contributed by atoms with E-state index in [1.54, 1.807) is 0 Å². The molecular weight excluding hydrogens is 160 g/mol. The Bertz CT molecular complexity index is 167. The minimum atomic E-state index is -0.932. The summed E-state index contributed by atoms with van der Waals surface area (Å²) in [7, 11) is -0.289. The van der Waals surface area contributed by atoms with Crippen molar-refractivity contribution in [1.82, 2.24) is 0 Å². The van der Waals surface area contributed by atoms with Gasteiger partial charge in [-0.05, 0) is 6.42 Å². The van der Waals surface area contributed by atoms with Crippen molar-refractivity contribution >= 4 is 20.2 Å². The first-order valence-electron chi connectivity index (χ1n) is 3.06. The predicted octanol–water partition coefficient (Wildman–Crippen LogP) is -1.02. The van der Waals surface area contributed by atoms with Crippen LogP contribution in [-0.4, -0.2) is 20.2 Å². The van der Waals surface area contributed by atoms with E-state index in [0.29, 0.717) is 16.9 Å². The summed E-state index contributed by atoms with van der Waals surface area (Å²) < 4.78 is 5.01. The molecule has 0 aromatic carbocycles. The summed E-state index contributed by atoms with van der Waals surface area (Å²) in [6.45, 7) is 1.85. The lowest BCUT2D eigenvalue weighted by molar-refractivity contribution is 0.616. The van der Waals surface area contributed by atoms with E-state index in [4.69, 9.17) is 14.6 Å². The van der Waals surface area contributed by atoms with Gasteiger partial charge in [0.2, 0.25) is 0 Å². The number of hydrogen-bond acceptors (Lipinski definition) is 3. The lowest BCUT2D eigenvalue weighted by Gasteiger charge is -2.12. The Kier molecular flexibility index (Phi) is 3.97. The summed E-state index contributed by atoms with van der Waals surface area (Å²) in [5, 5.41) is 16.4. The first kappa shape index (κ1) is 9.37. The van der Waals surface area contributed by atoms with Crippen LogP contribution in [0.25, 0.3) is 0 Å². The van der Waals surface area contributed by atoms with Gasteiger partial charge in [-0.3, -0.25) is 0 Å². The highest BCUT2D eigenvalue weighted by atomic mass is 28.3. The Morgan fingerprint density at radius 3 is 2.20 bits per heavy atom. The topological polar surface area (TPSA) is 56.8 Å². The molecule has 54 valence electrons. The molecule has 0 aliphatic rings. The van der Waals surface area contributed by atoms with Gasteiger partial charge in [-0.25, -0.2) is 0 Å². The van der Waals surface area contributed by atoms with Crippen LogP contribution >= 0.6 is 0 Å². The van der Waals surface area contributed by atoms with Crippen LogP contribution < -0.4 is 0 Å². The molecule has 0 N–H and O–H groups in total. The van der Waals surface area contributed by atoms with E-state index >= 15 is 0 Å². The smallest absolute Gasteiger partial charge is 0.183 e. The Morgan fingerprint density at radius 1 is 1.60 bits per heavy atom. The zero-order valence-corrected chi connectivity index (χ0v) is 9.63. The van der Waals surface area contributed by atoms with E-state index in [1.807, 2.05) is 19.1 Å². The SMILES string of the molecule is CCC(C#N)(C#N)[SiH2]O[SiH3]. The normalized spacial score (nSPS) is 11.5. The second-order valence-electron chi connectivity index (χ2n) is 2.09. The average Bonchev–Trinajstić information content (AvgIpc) is 2.01. The summed E-state index contributed by atoms with van der Waals surface area (Å²) in [6, 6.07) is 4.03. The Labute approximate surface area is 66.1 Å². The molecule has 0 aliphatic heterocycles. The highest BCUT2D eigenvalue weighted by Gasteiger charge is 2.27. The van der Waals surface area contributed by atoms with Crippen molar-refractivity contribution in [2.75, 3.05) is 0 Å². The van der Waals surface area contributed by atoms with Crippen molar-refractivity contribution in [3.05, 3.63) is 0 Å². The minimum absolute atomic E-state index is 0.592. The second-order valence-corrected chi connectivity index (χ2v) is 5.90. The summed E-state index contributed by atoms with van der Waals surface area (Å²) in [6.07, 6.45) is 0.592. The molecular formula is C5H10N2OSi2. The van der Waals surface area contributed by atoms with E-state index in [0.717, 1.165) is 0 Å². The molecule has 5 heteroatoms. The zero-order valence-electron chi connectivity index (χ0n) is 6.22. The minimum Gasteiger partial charge on any atom is -0.466 e. The number of hydrogen-bond donors (Lipinski definition) is 0. The molecule has 0 saturated heterocycles. The van der Waals surface area contributed by atoms with Crippen LogP contribution in [0.3, 0.4) is 0 Å². The molecule has 0 amide bonds. The van der Waals surface area contributed by atoms with Crippen molar-refractivity contribution in [2.24, 2.45) is 0 Å². The molecule has 3 nitrogen and oxygen atoms in total. The van der Waals surface area contributed by atoms with E-state index in [9.17, 15) is 0 Å². The van der Waals surface area contributed by atoms with Crippen LogP contribution in [0.2, 0.25) is 5.04 Å². The third-order valence-corrected chi connectivity index (χ3v) is 3.89. The summed E-state index contributed by atoms with van der Waals surface area (Å²) >= 11 is 0. The summed E-state index contributed by atoms with van der Waals surface area (Å²) in [5.41, 5.74) is 0. The molecule has 0 bridgehead atoms. The van der Waals surface area contributed by atoms with E-state index in [2.05, 4.69) is 0 Å². The first-order valence-corrected chi connectivity index (χ1v) is 5.16. The third kappa shape index (κ3) is 1.96. The lowest BCUT2D eigenvalue weighted by atomic mass is 10.1. The number of nitriles is 2. The van der Waals surface area contributed by atoms with Gasteiger partial charge in [0.25, 0.3) is 0 Å². The Hall–Kier alpha value is -0.626. The van der Waals surface area contributed by atoms with Crippen LogP contribution in [-0.2, 0) is 4.12 Å². The molecule has 0 rings (SSSR count). The van der Waals surface area contributed by atoms with Crippen LogP contribution in [0.5, 0.6) is 0 Å². The van der Waals surface area contributed by atoms with Crippen molar-refractivity contribution in [3.8, 4) is 12.1 Å². The fraction of sp³-hybridized carbons (Fsp3) is 0.600. The fourth-order valence-corrected chi connectivity index (χ4v) is 2.90. The molecule has 0 spiro atoms. The number of nitrogens with zero attached hydrogens (tertiary/aromatic N) is 2. The maximum atomic E-state index is 8.61. The molecule has 0 radical (unpaired) electrons. The van der Waals surface area contributed by atoms with Gasteiger partial charge in [-0.1, -0.05) is 6.92 Å². The van der Waals surface area contributed by atoms with Gasteiger partial charge in [0, 0.05) is 0 Å². The van der Waals surface area contributed by atoms with Crippen LogP contribution in [0.4, 0.5) is 0 Å². The molecule has 0 saturated carbocycles. The quantitative estimate of drug-likeness (QED) is 0.510. The molecule has 0 heterocycles. The Balaban J connectivity index is 4.24. The highest BCUT2D eigenvalue weighted by Crippen LogP contribution is 2.26. The van der Waals surface area contributed by atoms with Crippen LogP contribution in [0.15, 0.2) is 0 Å². The monoisotopic (exact) mass is 170 g/mol. The lowest BCUT2D eigenvalue weighted by Crippen LogP contribution is -2.17. The molecule has 0 fully saturated rings. The Morgan fingerprint density at radius 2 is 2.10 bits per heavy atom. The van der Waals surface area contributed by atoms with Gasteiger partial charge in [0.1, 0.15) is 10.5 Å². The largest absolute Gasteiger partial charge is 0.466 e. The molecule has 0 aromatic heterocycles. The van der Waals surface area contributed by atoms with Crippen LogP contribution in [0, 0.1) is 22.7 Å². The first-order chi connectivity index (χ1) is 4.74. The van der Waals surface area contributed by atoms with Gasteiger partial charge in [-0.15, -0.1) is 0 Å². The maximum Gasteiger partial charge on any atom is 0.183 e. The standard InChI is InChI=1S/C5H10N2OSi2/c1-2-5(3-6,4-7)10-8-9/h2,10H2,1,9H3. The van der Waals surface area contributed by atoms with Gasteiger partial charge in [0.15, 0.2) is 14.8 Å². The zero-order chi connectivity index (χ0) is 8.04. The van der Waals surface area contributed by atoms with Crippen molar-refractivity contribution < 1.29 is 4.12 Å². The van der Waals surface area contributed by atoms with Crippen molar-refractivity contribution in [2.45, 2.75) is 18.4 Å². The van der Waals surface area contributed by atoms with Gasteiger partial charge < -0.3 is 4.12 Å². The molecule has 10 heavy (non-hydrogen) atoms. The molecule has 0 aliphatic carbocycles.